The van der Waals surface area contributed by atoms with E-state index in [0.29, 0.717) is 13.1 Å². The van der Waals surface area contributed by atoms with Gasteiger partial charge in [0.2, 0.25) is 0 Å². The van der Waals surface area contributed by atoms with E-state index in [-0.39, 0.29) is 6.10 Å². The van der Waals surface area contributed by atoms with Gasteiger partial charge in [-0.25, -0.2) is 4.68 Å². The van der Waals surface area contributed by atoms with Crippen LogP contribution in [0.1, 0.15) is 11.3 Å². The van der Waals surface area contributed by atoms with E-state index in [0.717, 1.165) is 28.5 Å². The summed E-state index contributed by atoms with van der Waals surface area (Å²) in [5.41, 5.74) is 7.43. The monoisotopic (exact) mass is 264 g/mol. The van der Waals surface area contributed by atoms with Gasteiger partial charge >= 0.3 is 0 Å². The second-order valence-corrected chi connectivity index (χ2v) is 4.77. The summed E-state index contributed by atoms with van der Waals surface area (Å²) in [6.07, 6.45) is 2.76. The zero-order chi connectivity index (χ0) is 12.5. The minimum atomic E-state index is 0.0748. The Morgan fingerprint density at radius 2 is 2.39 bits per heavy atom. The molecule has 3 rings (SSSR count). The first-order valence-corrected chi connectivity index (χ1v) is 6.16. The molecule has 0 fully saturated rings. The van der Waals surface area contributed by atoms with Gasteiger partial charge in [-0.05, 0) is 23.8 Å². The molecular weight excluding hydrogens is 252 g/mol. The average Bonchev–Trinajstić information content (AvgIpc) is 2.95. The first-order chi connectivity index (χ1) is 8.74. The molecular formula is C12H13ClN4O. The van der Waals surface area contributed by atoms with Crippen molar-refractivity contribution in [3.63, 3.8) is 0 Å². The van der Waals surface area contributed by atoms with Crippen molar-refractivity contribution in [2.75, 3.05) is 0 Å². The third kappa shape index (κ3) is 2.19. The molecule has 0 aliphatic carbocycles. The summed E-state index contributed by atoms with van der Waals surface area (Å²) >= 11 is 5.96. The highest BCUT2D eigenvalue weighted by atomic mass is 35.5. The van der Waals surface area contributed by atoms with Crippen LogP contribution in [0.3, 0.4) is 0 Å². The van der Waals surface area contributed by atoms with Crippen molar-refractivity contribution in [1.29, 1.82) is 0 Å². The van der Waals surface area contributed by atoms with Gasteiger partial charge in [0.1, 0.15) is 11.9 Å². The minimum Gasteiger partial charge on any atom is -0.488 e. The van der Waals surface area contributed by atoms with E-state index in [9.17, 15) is 0 Å². The van der Waals surface area contributed by atoms with Crippen LogP contribution < -0.4 is 10.5 Å². The Morgan fingerprint density at radius 3 is 3.17 bits per heavy atom. The Kier molecular flexibility index (Phi) is 2.93. The van der Waals surface area contributed by atoms with Crippen molar-refractivity contribution in [1.82, 2.24) is 15.0 Å². The van der Waals surface area contributed by atoms with Crippen LogP contribution in [-0.4, -0.2) is 21.1 Å². The molecule has 2 heterocycles. The lowest BCUT2D eigenvalue weighted by atomic mass is 10.1. The van der Waals surface area contributed by atoms with E-state index < -0.39 is 0 Å². The number of benzene rings is 1. The van der Waals surface area contributed by atoms with Crippen LogP contribution in [0, 0.1) is 0 Å². The molecule has 1 aliphatic rings. The summed E-state index contributed by atoms with van der Waals surface area (Å²) in [5, 5.41) is 8.70. The van der Waals surface area contributed by atoms with Gasteiger partial charge in [0, 0.05) is 24.2 Å². The number of fused-ring (bicyclic) bond motifs is 1. The van der Waals surface area contributed by atoms with Gasteiger partial charge in [0.15, 0.2) is 0 Å². The summed E-state index contributed by atoms with van der Waals surface area (Å²) in [5.74, 6) is 0.906. The molecule has 1 unspecified atom stereocenters. The summed E-state index contributed by atoms with van der Waals surface area (Å²) in [7, 11) is 0. The maximum absolute atomic E-state index is 5.96. The third-order valence-corrected chi connectivity index (χ3v) is 3.18. The highest BCUT2D eigenvalue weighted by molar-refractivity contribution is 6.30. The maximum Gasteiger partial charge on any atom is 0.123 e. The molecule has 0 amide bonds. The van der Waals surface area contributed by atoms with E-state index in [1.54, 1.807) is 4.68 Å². The Hall–Kier alpha value is -1.59. The lowest BCUT2D eigenvalue weighted by Crippen LogP contribution is -2.21. The van der Waals surface area contributed by atoms with Gasteiger partial charge in [0.25, 0.3) is 0 Å². The summed E-state index contributed by atoms with van der Waals surface area (Å²) in [6, 6.07) is 5.69. The summed E-state index contributed by atoms with van der Waals surface area (Å²) in [6.45, 7) is 1.07. The Bertz CT molecular complexity index is 569. The molecule has 0 saturated heterocycles. The summed E-state index contributed by atoms with van der Waals surface area (Å²) in [4.78, 5) is 0. The van der Waals surface area contributed by atoms with E-state index in [2.05, 4.69) is 10.3 Å². The molecule has 6 heteroatoms. The van der Waals surface area contributed by atoms with Gasteiger partial charge in [-0.1, -0.05) is 16.8 Å². The minimum absolute atomic E-state index is 0.0748. The van der Waals surface area contributed by atoms with Crippen molar-refractivity contribution < 1.29 is 4.74 Å². The van der Waals surface area contributed by atoms with Crippen LogP contribution in [0.2, 0.25) is 5.02 Å². The SMILES string of the molecule is NCc1cn(CC2Cc3cc(Cl)ccc3O2)nn1. The molecule has 1 aliphatic heterocycles. The maximum atomic E-state index is 5.96. The number of aromatic nitrogens is 3. The van der Waals surface area contributed by atoms with Crippen molar-refractivity contribution in [2.45, 2.75) is 25.6 Å². The topological polar surface area (TPSA) is 66.0 Å². The molecule has 1 aromatic carbocycles. The normalized spacial score (nSPS) is 17.6. The smallest absolute Gasteiger partial charge is 0.123 e. The third-order valence-electron chi connectivity index (χ3n) is 2.95. The Labute approximate surface area is 109 Å². The van der Waals surface area contributed by atoms with Crippen LogP contribution in [0.5, 0.6) is 5.75 Å². The number of nitrogens with zero attached hydrogens (tertiary/aromatic N) is 3. The van der Waals surface area contributed by atoms with Crippen LogP contribution in [-0.2, 0) is 19.5 Å². The first kappa shape index (κ1) is 11.5. The highest BCUT2D eigenvalue weighted by Gasteiger charge is 2.23. The Balaban J connectivity index is 1.70. The molecule has 0 bridgehead atoms. The molecule has 18 heavy (non-hydrogen) atoms. The molecule has 0 radical (unpaired) electrons. The second kappa shape index (κ2) is 4.59. The van der Waals surface area contributed by atoms with Gasteiger partial charge in [-0.2, -0.15) is 0 Å². The zero-order valence-corrected chi connectivity index (χ0v) is 10.5. The van der Waals surface area contributed by atoms with Gasteiger partial charge in [-0.15, -0.1) is 5.10 Å². The number of nitrogens with two attached hydrogens (primary N) is 1. The molecule has 94 valence electrons. The van der Waals surface area contributed by atoms with Crippen molar-refractivity contribution in [3.8, 4) is 5.75 Å². The second-order valence-electron chi connectivity index (χ2n) is 4.33. The lowest BCUT2D eigenvalue weighted by Gasteiger charge is -2.09. The Morgan fingerprint density at radius 1 is 1.50 bits per heavy atom. The van der Waals surface area contributed by atoms with Crippen LogP contribution in [0.15, 0.2) is 24.4 Å². The number of ether oxygens (including phenoxy) is 1. The quantitative estimate of drug-likeness (QED) is 0.910. The van der Waals surface area contributed by atoms with E-state index >= 15 is 0 Å². The van der Waals surface area contributed by atoms with Crippen molar-refractivity contribution in [3.05, 3.63) is 40.7 Å². The van der Waals surface area contributed by atoms with Crippen molar-refractivity contribution in [2.24, 2.45) is 5.73 Å². The number of hydrogen-bond acceptors (Lipinski definition) is 4. The number of halogens is 1. The lowest BCUT2D eigenvalue weighted by molar-refractivity contribution is 0.202. The van der Waals surface area contributed by atoms with Crippen LogP contribution >= 0.6 is 11.6 Å². The molecule has 0 saturated carbocycles. The molecule has 0 spiro atoms. The number of rotatable bonds is 3. The van der Waals surface area contributed by atoms with Gasteiger partial charge < -0.3 is 10.5 Å². The summed E-state index contributed by atoms with van der Waals surface area (Å²) < 4.78 is 7.59. The zero-order valence-electron chi connectivity index (χ0n) is 9.71. The fraction of sp³-hybridized carbons (Fsp3) is 0.333. The van der Waals surface area contributed by atoms with Crippen LogP contribution in [0.4, 0.5) is 0 Å². The highest BCUT2D eigenvalue weighted by Crippen LogP contribution is 2.31. The predicted molar refractivity (Wildman–Crippen MR) is 67.5 cm³/mol. The largest absolute Gasteiger partial charge is 0.488 e. The van der Waals surface area contributed by atoms with E-state index in [1.165, 1.54) is 0 Å². The first-order valence-electron chi connectivity index (χ1n) is 5.79. The molecule has 1 aromatic heterocycles. The predicted octanol–water partition coefficient (Wildman–Crippen LogP) is 1.39. The van der Waals surface area contributed by atoms with E-state index in [4.69, 9.17) is 22.1 Å². The average molecular weight is 265 g/mol. The fourth-order valence-corrected chi connectivity index (χ4v) is 2.32. The molecule has 2 N–H and O–H groups in total. The van der Waals surface area contributed by atoms with Gasteiger partial charge in [-0.3, -0.25) is 0 Å². The standard InChI is InChI=1S/C12H13ClN4O/c13-9-1-2-12-8(3-9)4-11(18-12)7-17-6-10(5-14)15-16-17/h1-3,6,11H,4-5,7,14H2. The fourth-order valence-electron chi connectivity index (χ4n) is 2.12. The molecule has 5 nitrogen and oxygen atoms in total. The van der Waals surface area contributed by atoms with Crippen molar-refractivity contribution >= 4 is 11.6 Å². The molecule has 2 aromatic rings. The van der Waals surface area contributed by atoms with Crippen LogP contribution in [0.25, 0.3) is 0 Å². The number of hydrogen-bond donors (Lipinski definition) is 1. The van der Waals surface area contributed by atoms with E-state index in [1.807, 2.05) is 24.4 Å². The van der Waals surface area contributed by atoms with Gasteiger partial charge in [0.05, 0.1) is 12.2 Å². The molecule has 1 atom stereocenters.